The van der Waals surface area contributed by atoms with Gasteiger partial charge in [-0.3, -0.25) is 9.59 Å². The SMILES string of the molecule is CCOC(=O)C(CC)(CC)C(=O)CBr. The molecule has 3 nitrogen and oxygen atoms in total. The standard InChI is InChI=1S/C10H17BrO3/c1-4-10(5-2,8(12)7-11)9(13)14-6-3/h4-7H2,1-3H3. The minimum atomic E-state index is -0.945. The molecule has 14 heavy (non-hydrogen) atoms. The first-order valence-corrected chi connectivity index (χ1v) is 5.97. The Kier molecular flexibility index (Phi) is 6.00. The molecular formula is C10H17BrO3. The number of carbonyl (C=O) groups excluding carboxylic acids is 2. The van der Waals surface area contributed by atoms with E-state index in [1.54, 1.807) is 6.92 Å². The van der Waals surface area contributed by atoms with Gasteiger partial charge in [-0.1, -0.05) is 29.8 Å². The molecule has 0 aromatic carbocycles. The number of hydrogen-bond donors (Lipinski definition) is 0. The van der Waals surface area contributed by atoms with E-state index in [0.29, 0.717) is 19.4 Å². The third kappa shape index (κ3) is 2.56. The van der Waals surface area contributed by atoms with Crippen LogP contribution in [0, 0.1) is 5.41 Å². The van der Waals surface area contributed by atoms with Crippen molar-refractivity contribution >= 4 is 27.7 Å². The van der Waals surface area contributed by atoms with E-state index in [9.17, 15) is 9.59 Å². The lowest BCUT2D eigenvalue weighted by Crippen LogP contribution is -2.40. The van der Waals surface area contributed by atoms with E-state index in [1.807, 2.05) is 13.8 Å². The summed E-state index contributed by atoms with van der Waals surface area (Å²) in [5, 5.41) is 0.202. The number of ether oxygens (including phenoxy) is 1. The lowest BCUT2D eigenvalue weighted by molar-refractivity contribution is -0.160. The Bertz CT molecular complexity index is 209. The number of Topliss-reactive ketones (excluding diaryl/α,β-unsaturated/α-hetero) is 1. The quantitative estimate of drug-likeness (QED) is 0.420. The van der Waals surface area contributed by atoms with E-state index in [4.69, 9.17) is 4.74 Å². The topological polar surface area (TPSA) is 43.4 Å². The molecule has 0 bridgehead atoms. The van der Waals surface area contributed by atoms with Crippen molar-refractivity contribution in [1.29, 1.82) is 0 Å². The van der Waals surface area contributed by atoms with Crippen LogP contribution in [0.15, 0.2) is 0 Å². The minimum Gasteiger partial charge on any atom is -0.465 e. The Hall–Kier alpha value is -0.380. The van der Waals surface area contributed by atoms with Gasteiger partial charge in [0, 0.05) is 0 Å². The molecule has 0 fully saturated rings. The molecule has 0 heterocycles. The van der Waals surface area contributed by atoms with Gasteiger partial charge in [-0.2, -0.15) is 0 Å². The predicted molar refractivity (Wildman–Crippen MR) is 58.4 cm³/mol. The maximum atomic E-state index is 11.7. The lowest BCUT2D eigenvalue weighted by atomic mass is 9.79. The van der Waals surface area contributed by atoms with Crippen LogP contribution in [-0.2, 0) is 14.3 Å². The number of esters is 1. The highest BCUT2D eigenvalue weighted by molar-refractivity contribution is 9.09. The van der Waals surface area contributed by atoms with E-state index in [-0.39, 0.29) is 11.1 Å². The average Bonchev–Trinajstić information content (AvgIpc) is 2.20. The van der Waals surface area contributed by atoms with Gasteiger partial charge in [-0.25, -0.2) is 0 Å². The highest BCUT2D eigenvalue weighted by Crippen LogP contribution is 2.30. The van der Waals surface area contributed by atoms with Crippen LogP contribution in [0.1, 0.15) is 33.6 Å². The van der Waals surface area contributed by atoms with E-state index in [2.05, 4.69) is 15.9 Å². The highest BCUT2D eigenvalue weighted by Gasteiger charge is 2.42. The van der Waals surface area contributed by atoms with Crippen molar-refractivity contribution in [3.8, 4) is 0 Å². The van der Waals surface area contributed by atoms with Gasteiger partial charge in [0.2, 0.25) is 0 Å². The van der Waals surface area contributed by atoms with Gasteiger partial charge in [-0.15, -0.1) is 0 Å². The third-order valence-corrected chi connectivity index (χ3v) is 3.04. The molecule has 82 valence electrons. The van der Waals surface area contributed by atoms with Crippen LogP contribution in [0.3, 0.4) is 0 Å². The maximum Gasteiger partial charge on any atom is 0.319 e. The Morgan fingerprint density at radius 1 is 1.21 bits per heavy atom. The normalized spacial score (nSPS) is 11.1. The fourth-order valence-electron chi connectivity index (χ4n) is 1.44. The van der Waals surface area contributed by atoms with Gasteiger partial charge in [0.1, 0.15) is 5.41 Å². The Morgan fingerprint density at radius 2 is 1.71 bits per heavy atom. The summed E-state index contributed by atoms with van der Waals surface area (Å²) >= 11 is 3.09. The first-order valence-electron chi connectivity index (χ1n) is 4.85. The number of hydrogen-bond acceptors (Lipinski definition) is 3. The summed E-state index contributed by atoms with van der Waals surface area (Å²) in [4.78, 5) is 23.3. The van der Waals surface area contributed by atoms with E-state index < -0.39 is 11.4 Å². The van der Waals surface area contributed by atoms with Gasteiger partial charge in [-0.05, 0) is 19.8 Å². The summed E-state index contributed by atoms with van der Waals surface area (Å²) in [6.45, 7) is 5.73. The van der Waals surface area contributed by atoms with Crippen molar-refractivity contribution in [2.75, 3.05) is 11.9 Å². The first-order chi connectivity index (χ1) is 6.58. The second-order valence-corrected chi connectivity index (χ2v) is 3.63. The van der Waals surface area contributed by atoms with Crippen molar-refractivity contribution in [3.05, 3.63) is 0 Å². The average molecular weight is 265 g/mol. The van der Waals surface area contributed by atoms with Crippen LogP contribution in [0.2, 0.25) is 0 Å². The van der Waals surface area contributed by atoms with Gasteiger partial charge >= 0.3 is 5.97 Å². The summed E-state index contributed by atoms with van der Waals surface area (Å²) in [7, 11) is 0. The molecule has 0 radical (unpaired) electrons. The van der Waals surface area contributed by atoms with E-state index in [1.165, 1.54) is 0 Å². The Morgan fingerprint density at radius 3 is 2.00 bits per heavy atom. The molecule has 0 rings (SSSR count). The van der Waals surface area contributed by atoms with Crippen molar-refractivity contribution in [1.82, 2.24) is 0 Å². The summed E-state index contributed by atoms with van der Waals surface area (Å²) < 4.78 is 4.93. The molecule has 0 saturated carbocycles. The Balaban J connectivity index is 4.86. The first kappa shape index (κ1) is 13.6. The van der Waals surface area contributed by atoms with Crippen LogP contribution in [0.5, 0.6) is 0 Å². The number of rotatable bonds is 6. The highest BCUT2D eigenvalue weighted by atomic mass is 79.9. The van der Waals surface area contributed by atoms with Gasteiger partial charge in [0.05, 0.1) is 11.9 Å². The zero-order chi connectivity index (χ0) is 11.2. The molecule has 0 aromatic heterocycles. The molecule has 0 aromatic rings. The monoisotopic (exact) mass is 264 g/mol. The molecule has 0 N–H and O–H groups in total. The van der Waals surface area contributed by atoms with Crippen LogP contribution >= 0.6 is 15.9 Å². The van der Waals surface area contributed by atoms with Crippen molar-refractivity contribution < 1.29 is 14.3 Å². The van der Waals surface area contributed by atoms with Crippen LogP contribution in [-0.4, -0.2) is 23.7 Å². The number of ketones is 1. The molecule has 0 aliphatic carbocycles. The molecule has 0 atom stereocenters. The number of halogens is 1. The third-order valence-electron chi connectivity index (χ3n) is 2.53. The van der Waals surface area contributed by atoms with Gasteiger partial charge < -0.3 is 4.74 Å². The fraction of sp³-hybridized carbons (Fsp3) is 0.800. The Labute approximate surface area is 93.3 Å². The van der Waals surface area contributed by atoms with Gasteiger partial charge in [0.15, 0.2) is 5.78 Å². The molecule has 0 saturated heterocycles. The minimum absolute atomic E-state index is 0.0963. The van der Waals surface area contributed by atoms with E-state index >= 15 is 0 Å². The van der Waals surface area contributed by atoms with Crippen molar-refractivity contribution in [2.24, 2.45) is 5.41 Å². The largest absolute Gasteiger partial charge is 0.465 e. The predicted octanol–water partition coefficient (Wildman–Crippen LogP) is 2.32. The number of alkyl halides is 1. The van der Waals surface area contributed by atoms with E-state index in [0.717, 1.165) is 0 Å². The molecular weight excluding hydrogens is 248 g/mol. The molecule has 4 heteroatoms. The summed E-state index contributed by atoms with van der Waals surface area (Å²) in [5.74, 6) is -0.490. The van der Waals surface area contributed by atoms with Crippen LogP contribution in [0.25, 0.3) is 0 Å². The molecule has 0 spiro atoms. The fourth-order valence-corrected chi connectivity index (χ4v) is 1.98. The van der Waals surface area contributed by atoms with Crippen LogP contribution in [0.4, 0.5) is 0 Å². The van der Waals surface area contributed by atoms with Crippen molar-refractivity contribution in [3.63, 3.8) is 0 Å². The second kappa shape index (κ2) is 6.17. The molecule has 0 unspecified atom stereocenters. The molecule has 0 amide bonds. The van der Waals surface area contributed by atoms with Crippen molar-refractivity contribution in [2.45, 2.75) is 33.6 Å². The number of carbonyl (C=O) groups is 2. The zero-order valence-electron chi connectivity index (χ0n) is 8.93. The van der Waals surface area contributed by atoms with Crippen LogP contribution < -0.4 is 0 Å². The zero-order valence-corrected chi connectivity index (χ0v) is 10.5. The second-order valence-electron chi connectivity index (χ2n) is 3.07. The summed E-state index contributed by atoms with van der Waals surface area (Å²) in [6.07, 6.45) is 0.986. The maximum absolute atomic E-state index is 11.7. The summed E-state index contributed by atoms with van der Waals surface area (Å²) in [6, 6.07) is 0. The lowest BCUT2D eigenvalue weighted by Gasteiger charge is -2.26. The smallest absolute Gasteiger partial charge is 0.319 e. The molecule has 0 aliphatic heterocycles. The molecule has 0 aliphatic rings. The summed E-state index contributed by atoms with van der Waals surface area (Å²) in [5.41, 5.74) is -0.945. The van der Waals surface area contributed by atoms with Gasteiger partial charge in [0.25, 0.3) is 0 Å².